The van der Waals surface area contributed by atoms with Crippen molar-refractivity contribution in [2.45, 2.75) is 205 Å². The van der Waals surface area contributed by atoms with Crippen LogP contribution < -0.4 is 15.4 Å². The van der Waals surface area contributed by atoms with Crippen molar-refractivity contribution in [3.63, 3.8) is 0 Å². The van der Waals surface area contributed by atoms with Crippen LogP contribution in [0.15, 0.2) is 73.6 Å². The summed E-state index contributed by atoms with van der Waals surface area (Å²) in [6.07, 6.45) is 7.29. The maximum Gasteiger partial charge on any atom is 0.420 e. The number of amides is 1. The molecule has 95 heavy (non-hydrogen) atoms. The number of aryl methyl sites for hydroxylation is 2. The first-order chi connectivity index (χ1) is 45.0. The molecule has 0 saturated heterocycles. The number of benzene rings is 2. The standard InChI is InChI=1S/C35H47ClN4O8S2Si.C34H46ClN3O4SSi/c1-19(2)51(20(3)4,21(5)6)48-30-14-26(12-24(30)17-47-50(44,45)40-35(42)43)39-34-29(16-37-18-38-34)32(41)31-15-27(22(7)49-31)33-28-13-25(36)9-8-23(28)10-11-46-33;1-19(2)44(20(3)4,21(5)6)42-30-14-26(12-24(30)17-39)38-34-29(16-36-18-37-34)32(40)31-15-27(22(7)43-31)33-28-13-25(35)9-8-23(28)10-11-41-33/h8-9,13,15-16,18-21,24,26,30,33,40H,10-12,14,17H2,1-7H3,(H,42,43)(H,37,38,39);8-9,13,15-16,18-21,24,26,30,33,39H,10-12,14,17H2,1-7H3,(H,36,37,38)/t2*24-,26-,30+,33+/m11/s1. The number of nitrogens with zero attached hydrogens (tertiary/aromatic N) is 4. The van der Waals surface area contributed by atoms with Gasteiger partial charge in [-0.25, -0.2) is 24.7 Å². The fourth-order valence-corrected chi connectivity index (χ4v) is 29.9. The largest absolute Gasteiger partial charge is 0.464 e. The Bertz CT molecular complexity index is 3770. The number of rotatable bonds is 25. The molecule has 2 aromatic carbocycles. The lowest BCUT2D eigenvalue weighted by Crippen LogP contribution is -2.51. The molecular formula is C69H93Cl2N7O12S3Si2. The summed E-state index contributed by atoms with van der Waals surface area (Å²) in [4.78, 5) is 59.6. The number of nitrogens with one attached hydrogen (secondary N) is 3. The summed E-state index contributed by atoms with van der Waals surface area (Å²) >= 11 is 15.5. The van der Waals surface area contributed by atoms with Gasteiger partial charge in [-0.05, 0) is 155 Å². The molecule has 2 aliphatic carbocycles. The summed E-state index contributed by atoms with van der Waals surface area (Å²) in [6, 6.07) is 15.4. The summed E-state index contributed by atoms with van der Waals surface area (Å²) in [5.74, 6) is 0.175. The number of thiophene rings is 2. The van der Waals surface area contributed by atoms with E-state index in [1.807, 2.05) is 56.3 Å². The maximum atomic E-state index is 14.1. The van der Waals surface area contributed by atoms with Gasteiger partial charge in [-0.15, -0.1) is 22.7 Å². The van der Waals surface area contributed by atoms with Crippen molar-refractivity contribution in [3.05, 3.63) is 148 Å². The molecule has 4 aromatic heterocycles. The van der Waals surface area contributed by atoms with E-state index in [9.17, 15) is 27.9 Å². The van der Waals surface area contributed by atoms with Crippen molar-refractivity contribution in [3.8, 4) is 0 Å². The number of aliphatic hydroxyl groups excluding tert-OH is 1. The van der Waals surface area contributed by atoms with Gasteiger partial charge in [-0.1, -0.05) is 118 Å². The molecular weight excluding hydrogens is 1340 g/mol. The molecule has 2 aliphatic heterocycles. The molecule has 26 heteroatoms. The minimum absolute atomic E-state index is 0.0225. The number of hydrogen-bond donors (Lipinski definition) is 5. The summed E-state index contributed by atoms with van der Waals surface area (Å²) in [7, 11) is -9.07. The molecule has 0 bridgehead atoms. The Morgan fingerprint density at radius 3 is 1.40 bits per heavy atom. The van der Waals surface area contributed by atoms with Gasteiger partial charge in [0.05, 0.1) is 52.9 Å². The molecule has 6 aromatic rings. The second kappa shape index (κ2) is 31.4. The van der Waals surface area contributed by atoms with Crippen molar-refractivity contribution >= 4 is 102 Å². The Labute approximate surface area is 580 Å². The molecule has 6 heterocycles. The lowest BCUT2D eigenvalue weighted by atomic mass is 9.93. The average Bonchev–Trinajstić information content (AvgIpc) is 1.69. The predicted octanol–water partition coefficient (Wildman–Crippen LogP) is 15.8. The lowest BCUT2D eigenvalue weighted by Gasteiger charge is -2.45. The van der Waals surface area contributed by atoms with Crippen LogP contribution in [0.4, 0.5) is 16.4 Å². The van der Waals surface area contributed by atoms with Crippen LogP contribution in [0, 0.1) is 25.7 Å². The van der Waals surface area contributed by atoms with Crippen molar-refractivity contribution in [1.29, 1.82) is 0 Å². The van der Waals surface area contributed by atoms with Crippen molar-refractivity contribution in [2.24, 2.45) is 11.8 Å². The molecule has 1 amide bonds. The van der Waals surface area contributed by atoms with E-state index in [4.69, 9.17) is 50.8 Å². The SMILES string of the molecule is Cc1sc(C(=O)c2cncnc2N[C@@H]2C[C@H](CO)[C@@H](O[Si](C(C)C)(C(C)C)C(C)C)C2)cc1[C@@H]1OCCc2ccc(Cl)cc21.Cc1sc(C(=O)c2cncnc2N[C@@H]2C[C@H](COS(=O)(=O)NC(=O)O)[C@@H](O[Si](C(C)C)(C(C)C)C(C)C)C2)cc1[C@@H]1OCCc2ccc(Cl)cc21. The highest BCUT2D eigenvalue weighted by Gasteiger charge is 2.51. The van der Waals surface area contributed by atoms with Crippen LogP contribution in [0.25, 0.3) is 0 Å². The molecule has 0 spiro atoms. The lowest BCUT2D eigenvalue weighted by molar-refractivity contribution is 0.0696. The zero-order valence-electron chi connectivity index (χ0n) is 56.8. The number of hydrogen-bond acceptors (Lipinski definition) is 19. The number of halogens is 2. The number of anilines is 2. The molecule has 8 atom stereocenters. The van der Waals surface area contributed by atoms with E-state index in [1.165, 1.54) is 57.4 Å². The molecule has 2 saturated carbocycles. The predicted molar refractivity (Wildman–Crippen MR) is 380 cm³/mol. The molecule has 5 N–H and O–H groups in total. The third kappa shape index (κ3) is 16.5. The third-order valence-electron chi connectivity index (χ3n) is 19.9. The van der Waals surface area contributed by atoms with Crippen molar-refractivity contribution < 1.29 is 55.5 Å². The molecule has 2 fully saturated rings. The molecule has 4 aliphatic rings. The van der Waals surface area contributed by atoms with Crippen LogP contribution in [-0.4, -0.2) is 124 Å². The number of aromatic nitrogens is 4. The van der Waals surface area contributed by atoms with E-state index in [2.05, 4.69) is 120 Å². The van der Waals surface area contributed by atoms with E-state index in [0.29, 0.717) is 85.2 Å². The minimum Gasteiger partial charge on any atom is -0.464 e. The highest BCUT2D eigenvalue weighted by atomic mass is 35.5. The van der Waals surface area contributed by atoms with Crippen LogP contribution in [0.3, 0.4) is 0 Å². The van der Waals surface area contributed by atoms with E-state index in [1.54, 1.807) is 6.20 Å². The van der Waals surface area contributed by atoms with Crippen LogP contribution in [0.1, 0.15) is 195 Å². The maximum absolute atomic E-state index is 14.1. The normalized spacial score (nSPS) is 21.5. The fourth-order valence-electron chi connectivity index (χ4n) is 15.7. The van der Waals surface area contributed by atoms with Gasteiger partial charge in [0.2, 0.25) is 28.2 Å². The molecule has 19 nitrogen and oxygen atoms in total. The van der Waals surface area contributed by atoms with Crippen molar-refractivity contribution in [1.82, 2.24) is 24.7 Å². The topological polar surface area (TPSA) is 260 Å². The van der Waals surface area contributed by atoms with E-state index < -0.39 is 33.0 Å². The number of fused-ring (bicyclic) bond motifs is 2. The second-order valence-corrected chi connectivity index (χ2v) is 43.1. The first kappa shape index (κ1) is 74.2. The Hall–Kier alpha value is -5.07. The Morgan fingerprint density at radius 1 is 0.611 bits per heavy atom. The van der Waals surface area contributed by atoms with Gasteiger partial charge in [-0.2, -0.15) is 13.1 Å². The summed E-state index contributed by atoms with van der Waals surface area (Å²) < 4.78 is 57.9. The molecule has 0 unspecified atom stereocenters. The van der Waals surface area contributed by atoms with Gasteiger partial charge in [0.1, 0.15) is 36.5 Å². The number of carboxylic acid groups (broad SMARTS) is 1. The molecule has 10 rings (SSSR count). The van der Waals surface area contributed by atoms with Gasteiger partial charge in [0.15, 0.2) is 0 Å². The van der Waals surface area contributed by atoms with Crippen LogP contribution in [-0.2, 0) is 45.7 Å². The van der Waals surface area contributed by atoms with E-state index >= 15 is 0 Å². The van der Waals surface area contributed by atoms with Gasteiger partial charge < -0.3 is 39.2 Å². The second-order valence-electron chi connectivity index (χ2n) is 27.6. The Morgan fingerprint density at radius 2 is 1.01 bits per heavy atom. The quantitative estimate of drug-likeness (QED) is 0.0264. The highest BCUT2D eigenvalue weighted by Crippen LogP contribution is 2.49. The first-order valence-electron chi connectivity index (χ1n) is 33.1. The summed E-state index contributed by atoms with van der Waals surface area (Å²) in [5, 5.41) is 27.6. The Balaban J connectivity index is 0.000000226. The zero-order valence-corrected chi connectivity index (χ0v) is 62.8. The number of ether oxygens (including phenoxy) is 2. The molecule has 0 radical (unpaired) electrons. The highest BCUT2D eigenvalue weighted by molar-refractivity contribution is 7.85. The van der Waals surface area contributed by atoms with Gasteiger partial charge >= 0.3 is 16.4 Å². The fraction of sp³-hybridized carbons (Fsp3) is 0.551. The average molecular weight is 1440 g/mol. The molecule has 516 valence electrons. The smallest absolute Gasteiger partial charge is 0.420 e. The Kier molecular flexibility index (Phi) is 24.5. The van der Waals surface area contributed by atoms with Crippen molar-refractivity contribution in [2.75, 3.05) is 37.1 Å². The van der Waals surface area contributed by atoms with Gasteiger partial charge in [0, 0.05) is 62.7 Å². The summed E-state index contributed by atoms with van der Waals surface area (Å²) in [6.45, 7) is 31.8. The zero-order chi connectivity index (χ0) is 69.0. The van der Waals surface area contributed by atoms with Crippen LogP contribution >= 0.6 is 45.9 Å². The van der Waals surface area contributed by atoms with Crippen LogP contribution in [0.2, 0.25) is 43.3 Å². The van der Waals surface area contributed by atoms with E-state index in [0.717, 1.165) is 57.7 Å². The van der Waals surface area contributed by atoms with Gasteiger partial charge in [-0.3, -0.25) is 13.8 Å². The minimum atomic E-state index is -4.53. The third-order valence-corrected chi connectivity index (χ3v) is 35.6. The number of carbonyl (C=O) groups is 3. The number of aliphatic hydroxyl groups is 1. The summed E-state index contributed by atoms with van der Waals surface area (Å²) in [5.41, 5.74) is 9.32. The van der Waals surface area contributed by atoms with E-state index in [-0.39, 0.29) is 89.7 Å². The first-order valence-corrected chi connectivity index (χ1v) is 41.1. The monoisotopic (exact) mass is 1430 g/mol. The van der Waals surface area contributed by atoms with Crippen LogP contribution in [0.5, 0.6) is 0 Å². The number of carbonyl (C=O) groups excluding carboxylic acids is 2. The van der Waals surface area contributed by atoms with Gasteiger partial charge in [0.25, 0.3) is 0 Å². The number of ketones is 2.